The summed E-state index contributed by atoms with van der Waals surface area (Å²) in [7, 11) is 1.55. The molecule has 0 bridgehead atoms. The second-order valence-electron chi connectivity index (χ2n) is 5.49. The van der Waals surface area contributed by atoms with Gasteiger partial charge in [0.05, 0.1) is 12.6 Å². The number of hydrogen-bond donors (Lipinski definition) is 1. The van der Waals surface area contributed by atoms with E-state index in [-0.39, 0.29) is 6.04 Å². The van der Waals surface area contributed by atoms with E-state index in [1.165, 1.54) is 17.4 Å². The topological polar surface area (TPSA) is 47.0 Å². The molecular weight excluding hydrogens is 344 g/mol. The van der Waals surface area contributed by atoms with Gasteiger partial charge in [-0.3, -0.25) is 0 Å². The molecule has 7 heteroatoms. The standard InChI is InChI=1S/C18H17F2N3OS/c1-24-11-16(13-7-8-14(19)15(20)10-13)21-18-23-22-17(25-18)9-12-5-3-2-4-6-12/h2-8,10,16H,9,11H2,1H3,(H,21,23). The maximum absolute atomic E-state index is 13.5. The molecule has 0 saturated carbocycles. The lowest BCUT2D eigenvalue weighted by atomic mass is 10.1. The molecule has 4 nitrogen and oxygen atoms in total. The fourth-order valence-electron chi connectivity index (χ4n) is 2.42. The Morgan fingerprint density at radius 2 is 1.88 bits per heavy atom. The van der Waals surface area contributed by atoms with Crippen molar-refractivity contribution in [1.82, 2.24) is 10.2 Å². The van der Waals surface area contributed by atoms with Crippen LogP contribution in [0.4, 0.5) is 13.9 Å². The lowest BCUT2D eigenvalue weighted by molar-refractivity contribution is 0.186. The molecule has 25 heavy (non-hydrogen) atoms. The van der Waals surface area contributed by atoms with E-state index >= 15 is 0 Å². The van der Waals surface area contributed by atoms with E-state index < -0.39 is 11.6 Å². The van der Waals surface area contributed by atoms with Gasteiger partial charge < -0.3 is 10.1 Å². The first-order chi connectivity index (χ1) is 12.2. The van der Waals surface area contributed by atoms with Gasteiger partial charge in [-0.25, -0.2) is 8.78 Å². The lowest BCUT2D eigenvalue weighted by Crippen LogP contribution is -2.16. The second-order valence-corrected chi connectivity index (χ2v) is 6.55. The van der Waals surface area contributed by atoms with Gasteiger partial charge in [-0.05, 0) is 23.3 Å². The molecule has 0 aliphatic heterocycles. The quantitative estimate of drug-likeness (QED) is 0.685. The average molecular weight is 361 g/mol. The summed E-state index contributed by atoms with van der Waals surface area (Å²) >= 11 is 1.43. The third kappa shape index (κ3) is 4.58. The van der Waals surface area contributed by atoms with Gasteiger partial charge in [0.1, 0.15) is 5.01 Å². The smallest absolute Gasteiger partial charge is 0.206 e. The Balaban J connectivity index is 1.73. The van der Waals surface area contributed by atoms with E-state index in [2.05, 4.69) is 15.5 Å². The van der Waals surface area contributed by atoms with E-state index in [9.17, 15) is 8.78 Å². The molecule has 3 rings (SSSR count). The van der Waals surface area contributed by atoms with Crippen molar-refractivity contribution in [3.63, 3.8) is 0 Å². The van der Waals surface area contributed by atoms with Gasteiger partial charge in [-0.15, -0.1) is 10.2 Å². The molecular formula is C18H17F2N3OS. The average Bonchev–Trinajstić information content (AvgIpc) is 3.05. The van der Waals surface area contributed by atoms with Crippen molar-refractivity contribution in [2.75, 3.05) is 19.0 Å². The van der Waals surface area contributed by atoms with Crippen molar-refractivity contribution in [2.45, 2.75) is 12.5 Å². The van der Waals surface area contributed by atoms with E-state index in [1.54, 1.807) is 7.11 Å². The van der Waals surface area contributed by atoms with Crippen LogP contribution >= 0.6 is 11.3 Å². The normalized spacial score (nSPS) is 12.1. The number of methoxy groups -OCH3 is 1. The first kappa shape index (κ1) is 17.4. The van der Waals surface area contributed by atoms with Crippen LogP contribution in [0.2, 0.25) is 0 Å². The van der Waals surface area contributed by atoms with Crippen LogP contribution in [-0.2, 0) is 11.2 Å². The zero-order valence-electron chi connectivity index (χ0n) is 13.6. The Bertz CT molecular complexity index is 826. The molecule has 0 radical (unpaired) electrons. The van der Waals surface area contributed by atoms with E-state index in [0.29, 0.717) is 23.7 Å². The molecule has 3 aromatic rings. The van der Waals surface area contributed by atoms with Crippen LogP contribution < -0.4 is 5.32 Å². The Hall–Kier alpha value is -2.38. The first-order valence-corrected chi connectivity index (χ1v) is 8.54. The van der Waals surface area contributed by atoms with Gasteiger partial charge in [0.15, 0.2) is 11.6 Å². The number of nitrogens with zero attached hydrogens (tertiary/aromatic N) is 2. The summed E-state index contributed by atoms with van der Waals surface area (Å²) < 4.78 is 31.8. The summed E-state index contributed by atoms with van der Waals surface area (Å²) in [5.74, 6) is -1.76. The predicted octanol–water partition coefficient (Wildman–Crippen LogP) is 4.21. The predicted molar refractivity (Wildman–Crippen MR) is 93.8 cm³/mol. The van der Waals surface area contributed by atoms with Crippen LogP contribution in [0.3, 0.4) is 0 Å². The van der Waals surface area contributed by atoms with Crippen molar-refractivity contribution >= 4 is 16.5 Å². The molecule has 0 amide bonds. The molecule has 2 aromatic carbocycles. The first-order valence-electron chi connectivity index (χ1n) is 7.72. The minimum absolute atomic E-state index is 0.290. The van der Waals surface area contributed by atoms with E-state index in [0.717, 1.165) is 22.7 Å². The number of nitrogens with one attached hydrogen (secondary N) is 1. The van der Waals surface area contributed by atoms with Crippen molar-refractivity contribution in [3.8, 4) is 0 Å². The van der Waals surface area contributed by atoms with Crippen LogP contribution in [0.1, 0.15) is 22.2 Å². The second kappa shape index (κ2) is 8.13. The SMILES string of the molecule is COCC(Nc1nnc(Cc2ccccc2)s1)c1ccc(F)c(F)c1. The van der Waals surface area contributed by atoms with Crippen molar-refractivity contribution in [2.24, 2.45) is 0 Å². The number of rotatable bonds is 7. The summed E-state index contributed by atoms with van der Waals surface area (Å²) in [4.78, 5) is 0. The minimum Gasteiger partial charge on any atom is -0.382 e. The van der Waals surface area contributed by atoms with Crippen LogP contribution in [0, 0.1) is 11.6 Å². The molecule has 1 N–H and O–H groups in total. The van der Waals surface area contributed by atoms with Gasteiger partial charge in [0.25, 0.3) is 0 Å². The molecule has 0 aliphatic carbocycles. The highest BCUT2D eigenvalue weighted by Gasteiger charge is 2.16. The highest BCUT2D eigenvalue weighted by molar-refractivity contribution is 7.15. The Kier molecular flexibility index (Phi) is 5.67. The maximum Gasteiger partial charge on any atom is 0.206 e. The van der Waals surface area contributed by atoms with Crippen LogP contribution in [0.15, 0.2) is 48.5 Å². The summed E-state index contributed by atoms with van der Waals surface area (Å²) in [6, 6.07) is 13.4. The number of halogens is 2. The minimum atomic E-state index is -0.887. The Morgan fingerprint density at radius 1 is 1.08 bits per heavy atom. The lowest BCUT2D eigenvalue weighted by Gasteiger charge is -2.17. The van der Waals surface area contributed by atoms with E-state index in [4.69, 9.17) is 4.74 Å². The van der Waals surface area contributed by atoms with Crippen LogP contribution in [0.25, 0.3) is 0 Å². The molecule has 0 aliphatic rings. The van der Waals surface area contributed by atoms with Gasteiger partial charge in [-0.1, -0.05) is 47.7 Å². The summed E-state index contributed by atoms with van der Waals surface area (Å²) in [5, 5.41) is 13.0. The third-order valence-corrected chi connectivity index (χ3v) is 4.50. The largest absolute Gasteiger partial charge is 0.382 e. The summed E-state index contributed by atoms with van der Waals surface area (Å²) in [5.41, 5.74) is 1.74. The monoisotopic (exact) mass is 361 g/mol. The molecule has 130 valence electrons. The molecule has 0 fully saturated rings. The zero-order valence-corrected chi connectivity index (χ0v) is 14.4. The molecule has 0 saturated heterocycles. The fraction of sp³-hybridized carbons (Fsp3) is 0.222. The van der Waals surface area contributed by atoms with Gasteiger partial charge in [-0.2, -0.15) is 0 Å². The van der Waals surface area contributed by atoms with Crippen LogP contribution in [0.5, 0.6) is 0 Å². The molecule has 1 atom stereocenters. The van der Waals surface area contributed by atoms with Crippen molar-refractivity contribution in [1.29, 1.82) is 0 Å². The number of anilines is 1. The van der Waals surface area contributed by atoms with Gasteiger partial charge in [0.2, 0.25) is 5.13 Å². The Morgan fingerprint density at radius 3 is 2.60 bits per heavy atom. The Labute approximate surface area is 148 Å². The van der Waals surface area contributed by atoms with Gasteiger partial charge >= 0.3 is 0 Å². The van der Waals surface area contributed by atoms with Crippen molar-refractivity contribution in [3.05, 3.63) is 76.3 Å². The number of hydrogen-bond acceptors (Lipinski definition) is 5. The third-order valence-electron chi connectivity index (χ3n) is 3.64. The highest BCUT2D eigenvalue weighted by atomic mass is 32.1. The summed E-state index contributed by atoms with van der Waals surface area (Å²) in [6.45, 7) is 0.290. The summed E-state index contributed by atoms with van der Waals surface area (Å²) in [6.07, 6.45) is 0.695. The zero-order chi connectivity index (χ0) is 17.6. The number of ether oxygens (including phenoxy) is 1. The molecule has 1 heterocycles. The highest BCUT2D eigenvalue weighted by Crippen LogP contribution is 2.25. The number of aromatic nitrogens is 2. The molecule has 1 aromatic heterocycles. The van der Waals surface area contributed by atoms with E-state index in [1.807, 2.05) is 30.3 Å². The molecule has 1 unspecified atom stereocenters. The molecule has 0 spiro atoms. The van der Waals surface area contributed by atoms with Gasteiger partial charge in [0, 0.05) is 13.5 Å². The number of benzene rings is 2. The van der Waals surface area contributed by atoms with Crippen molar-refractivity contribution < 1.29 is 13.5 Å². The fourth-order valence-corrected chi connectivity index (χ4v) is 3.25. The maximum atomic E-state index is 13.5. The van der Waals surface area contributed by atoms with Crippen LogP contribution in [-0.4, -0.2) is 23.9 Å².